The third kappa shape index (κ3) is 1.79. The fourth-order valence-electron chi connectivity index (χ4n) is 2.00. The zero-order chi connectivity index (χ0) is 9.35. The summed E-state index contributed by atoms with van der Waals surface area (Å²) in [7, 11) is 1.93. The largest absolute Gasteiger partial charge is 0.342 e. The van der Waals surface area contributed by atoms with Gasteiger partial charge in [0.2, 0.25) is 5.91 Å². The van der Waals surface area contributed by atoms with Gasteiger partial charge in [0, 0.05) is 19.5 Å². The van der Waals surface area contributed by atoms with E-state index in [1.165, 1.54) is 0 Å². The number of likely N-dealkylation sites (tertiary alicyclic amines) is 1. The van der Waals surface area contributed by atoms with Crippen molar-refractivity contribution in [3.05, 3.63) is 0 Å². The second-order valence-corrected chi connectivity index (χ2v) is 4.78. The van der Waals surface area contributed by atoms with E-state index in [1.54, 1.807) is 0 Å². The molecule has 1 saturated heterocycles. The summed E-state index contributed by atoms with van der Waals surface area (Å²) >= 11 is 0. The van der Waals surface area contributed by atoms with Crippen LogP contribution in [0.4, 0.5) is 0 Å². The minimum absolute atomic E-state index is 0.227. The lowest BCUT2D eigenvalue weighted by molar-refractivity contribution is -0.137. The van der Waals surface area contributed by atoms with Crippen LogP contribution >= 0.6 is 0 Å². The van der Waals surface area contributed by atoms with Crippen molar-refractivity contribution in [3.8, 4) is 0 Å². The van der Waals surface area contributed by atoms with Gasteiger partial charge < -0.3 is 4.90 Å². The highest BCUT2D eigenvalue weighted by Crippen LogP contribution is 2.30. The number of amides is 1. The van der Waals surface area contributed by atoms with Crippen LogP contribution in [0.25, 0.3) is 0 Å². The third-order valence-corrected chi connectivity index (χ3v) is 2.73. The average molecular weight is 169 g/mol. The summed E-state index contributed by atoms with van der Waals surface area (Å²) in [6, 6.07) is 0.429. The van der Waals surface area contributed by atoms with Gasteiger partial charge in [0.1, 0.15) is 0 Å². The van der Waals surface area contributed by atoms with Gasteiger partial charge in [0.15, 0.2) is 0 Å². The molecule has 0 aromatic heterocycles. The molecular formula is C10H19NO. The Labute approximate surface area is 74.9 Å². The van der Waals surface area contributed by atoms with Crippen LogP contribution in [-0.4, -0.2) is 23.9 Å². The average Bonchev–Trinajstić information content (AvgIpc) is 1.92. The molecule has 2 heteroatoms. The van der Waals surface area contributed by atoms with Crippen LogP contribution in [-0.2, 0) is 4.79 Å². The van der Waals surface area contributed by atoms with E-state index in [2.05, 4.69) is 20.8 Å². The van der Waals surface area contributed by atoms with Crippen LogP contribution in [0.5, 0.6) is 0 Å². The van der Waals surface area contributed by atoms with Crippen LogP contribution in [0.2, 0.25) is 0 Å². The van der Waals surface area contributed by atoms with Gasteiger partial charge in [0.25, 0.3) is 0 Å². The minimum atomic E-state index is 0.227. The normalized spacial score (nSPS) is 26.2. The van der Waals surface area contributed by atoms with Gasteiger partial charge in [-0.1, -0.05) is 20.8 Å². The second-order valence-electron chi connectivity index (χ2n) is 4.78. The van der Waals surface area contributed by atoms with E-state index < -0.39 is 0 Å². The van der Waals surface area contributed by atoms with Crippen LogP contribution in [0.3, 0.4) is 0 Å². The van der Waals surface area contributed by atoms with Crippen LogP contribution < -0.4 is 0 Å². The van der Waals surface area contributed by atoms with E-state index in [4.69, 9.17) is 0 Å². The summed E-state index contributed by atoms with van der Waals surface area (Å²) < 4.78 is 0. The molecule has 1 amide bonds. The SMILES string of the molecule is CN1C(=O)CCCC1C(C)(C)C. The van der Waals surface area contributed by atoms with Gasteiger partial charge >= 0.3 is 0 Å². The molecule has 2 nitrogen and oxygen atoms in total. The number of piperidine rings is 1. The Kier molecular flexibility index (Phi) is 2.45. The van der Waals surface area contributed by atoms with Crippen molar-refractivity contribution in [1.82, 2.24) is 4.90 Å². The summed E-state index contributed by atoms with van der Waals surface area (Å²) in [4.78, 5) is 13.3. The Morgan fingerprint density at radius 2 is 2.00 bits per heavy atom. The summed E-state index contributed by atoms with van der Waals surface area (Å²) in [6.07, 6.45) is 2.96. The molecule has 1 fully saturated rings. The summed E-state index contributed by atoms with van der Waals surface area (Å²) in [5.41, 5.74) is 0.227. The fraction of sp³-hybridized carbons (Fsp3) is 0.900. The maximum Gasteiger partial charge on any atom is 0.222 e. The van der Waals surface area contributed by atoms with E-state index in [9.17, 15) is 4.79 Å². The topological polar surface area (TPSA) is 20.3 Å². The molecule has 0 radical (unpaired) electrons. The molecule has 1 unspecified atom stereocenters. The van der Waals surface area contributed by atoms with Crippen molar-refractivity contribution in [2.45, 2.75) is 46.1 Å². The minimum Gasteiger partial charge on any atom is -0.342 e. The van der Waals surface area contributed by atoms with Crippen molar-refractivity contribution in [2.24, 2.45) is 5.41 Å². The Morgan fingerprint density at radius 1 is 1.42 bits per heavy atom. The van der Waals surface area contributed by atoms with Crippen molar-refractivity contribution >= 4 is 5.91 Å². The molecular weight excluding hydrogens is 150 g/mol. The maximum atomic E-state index is 11.4. The molecule has 12 heavy (non-hydrogen) atoms. The molecule has 0 saturated carbocycles. The predicted octanol–water partition coefficient (Wildman–Crippen LogP) is 2.04. The van der Waals surface area contributed by atoms with E-state index >= 15 is 0 Å². The molecule has 1 aliphatic heterocycles. The first kappa shape index (κ1) is 9.56. The van der Waals surface area contributed by atoms with Crippen LogP contribution in [0.15, 0.2) is 0 Å². The Morgan fingerprint density at radius 3 is 2.42 bits per heavy atom. The van der Waals surface area contributed by atoms with E-state index in [-0.39, 0.29) is 5.41 Å². The van der Waals surface area contributed by atoms with Crippen molar-refractivity contribution in [3.63, 3.8) is 0 Å². The first-order valence-corrected chi connectivity index (χ1v) is 4.68. The molecule has 0 bridgehead atoms. The fourth-order valence-corrected chi connectivity index (χ4v) is 2.00. The summed E-state index contributed by atoms with van der Waals surface area (Å²) in [5, 5.41) is 0. The highest BCUT2D eigenvalue weighted by Gasteiger charge is 2.33. The predicted molar refractivity (Wildman–Crippen MR) is 49.9 cm³/mol. The maximum absolute atomic E-state index is 11.4. The number of hydrogen-bond donors (Lipinski definition) is 0. The molecule has 0 aromatic rings. The highest BCUT2D eigenvalue weighted by atomic mass is 16.2. The summed E-state index contributed by atoms with van der Waals surface area (Å²) in [6.45, 7) is 6.60. The number of nitrogens with zero attached hydrogens (tertiary/aromatic N) is 1. The smallest absolute Gasteiger partial charge is 0.222 e. The van der Waals surface area contributed by atoms with Crippen molar-refractivity contribution < 1.29 is 4.79 Å². The molecule has 0 N–H and O–H groups in total. The first-order chi connectivity index (χ1) is 5.43. The molecule has 1 rings (SSSR count). The van der Waals surface area contributed by atoms with Gasteiger partial charge in [0.05, 0.1) is 0 Å². The van der Waals surface area contributed by atoms with E-state index in [1.807, 2.05) is 11.9 Å². The molecule has 0 aromatic carbocycles. The number of carbonyl (C=O) groups is 1. The van der Waals surface area contributed by atoms with Gasteiger partial charge in [-0.25, -0.2) is 0 Å². The van der Waals surface area contributed by atoms with E-state index in [0.717, 1.165) is 19.3 Å². The number of hydrogen-bond acceptors (Lipinski definition) is 1. The standard InChI is InChI=1S/C10H19NO/c1-10(2,3)8-6-5-7-9(12)11(8)4/h8H,5-7H2,1-4H3. The Bertz CT molecular complexity index is 181. The zero-order valence-corrected chi connectivity index (χ0v) is 8.55. The van der Waals surface area contributed by atoms with Gasteiger partial charge in [-0.05, 0) is 18.3 Å². The zero-order valence-electron chi connectivity index (χ0n) is 8.55. The lowest BCUT2D eigenvalue weighted by atomic mass is 9.81. The van der Waals surface area contributed by atoms with Crippen LogP contribution in [0.1, 0.15) is 40.0 Å². The number of rotatable bonds is 0. The number of carbonyl (C=O) groups excluding carboxylic acids is 1. The van der Waals surface area contributed by atoms with Gasteiger partial charge in [-0.2, -0.15) is 0 Å². The molecule has 1 aliphatic rings. The van der Waals surface area contributed by atoms with Crippen LogP contribution in [0, 0.1) is 5.41 Å². The van der Waals surface area contributed by atoms with Crippen molar-refractivity contribution in [1.29, 1.82) is 0 Å². The molecule has 1 heterocycles. The Hall–Kier alpha value is -0.530. The van der Waals surface area contributed by atoms with Gasteiger partial charge in [-0.3, -0.25) is 4.79 Å². The highest BCUT2D eigenvalue weighted by molar-refractivity contribution is 5.77. The molecule has 0 aliphatic carbocycles. The van der Waals surface area contributed by atoms with Gasteiger partial charge in [-0.15, -0.1) is 0 Å². The quantitative estimate of drug-likeness (QED) is 0.543. The molecule has 70 valence electrons. The lowest BCUT2D eigenvalue weighted by Gasteiger charge is -2.41. The molecule has 0 spiro atoms. The van der Waals surface area contributed by atoms with E-state index in [0.29, 0.717) is 11.9 Å². The second kappa shape index (κ2) is 3.08. The summed E-state index contributed by atoms with van der Waals surface area (Å²) in [5.74, 6) is 0.307. The first-order valence-electron chi connectivity index (χ1n) is 4.68. The Balaban J connectivity index is 2.70. The molecule has 1 atom stereocenters. The monoisotopic (exact) mass is 169 g/mol. The lowest BCUT2D eigenvalue weighted by Crippen LogP contribution is -2.47. The van der Waals surface area contributed by atoms with Crippen molar-refractivity contribution in [2.75, 3.05) is 7.05 Å². The third-order valence-electron chi connectivity index (χ3n) is 2.73.